The molecule has 1 unspecified atom stereocenters. The van der Waals surface area contributed by atoms with Gasteiger partial charge < -0.3 is 14.6 Å². The van der Waals surface area contributed by atoms with Gasteiger partial charge in [-0.05, 0) is 54.2 Å². The van der Waals surface area contributed by atoms with Gasteiger partial charge in [0.25, 0.3) is 0 Å². The highest BCUT2D eigenvalue weighted by Crippen LogP contribution is 2.49. The molecule has 1 atom stereocenters. The molecule has 0 saturated carbocycles. The van der Waals surface area contributed by atoms with Crippen LogP contribution in [0, 0.1) is 26.7 Å². The molecule has 0 amide bonds. The number of hydrogen-bond acceptors (Lipinski definition) is 3. The standard InChI is InChI=1S/C25H30O3/c1-15(2)25(26,21-14-10-12-19-11-8-9-13-20(19)21)22-18(5)23(27-6)16(3)17(4)24(22)28-7/h8-15,26H,1-7H3. The van der Waals surface area contributed by atoms with Crippen molar-refractivity contribution in [3.63, 3.8) is 0 Å². The number of rotatable bonds is 5. The van der Waals surface area contributed by atoms with Gasteiger partial charge in [-0.25, -0.2) is 0 Å². The highest BCUT2D eigenvalue weighted by Gasteiger charge is 2.42. The maximum absolute atomic E-state index is 12.3. The molecule has 148 valence electrons. The zero-order valence-corrected chi connectivity index (χ0v) is 17.9. The lowest BCUT2D eigenvalue weighted by Crippen LogP contribution is -2.35. The van der Waals surface area contributed by atoms with Crippen LogP contribution in [0.3, 0.4) is 0 Å². The number of fused-ring (bicyclic) bond motifs is 1. The summed E-state index contributed by atoms with van der Waals surface area (Å²) in [5.41, 5.74) is 3.35. The normalized spacial score (nSPS) is 13.6. The van der Waals surface area contributed by atoms with Crippen molar-refractivity contribution in [3.8, 4) is 11.5 Å². The topological polar surface area (TPSA) is 38.7 Å². The van der Waals surface area contributed by atoms with Gasteiger partial charge in [-0.1, -0.05) is 56.3 Å². The molecule has 3 rings (SSSR count). The first kappa shape index (κ1) is 20.2. The Bertz CT molecular complexity index is 1010. The summed E-state index contributed by atoms with van der Waals surface area (Å²) in [6, 6.07) is 14.3. The van der Waals surface area contributed by atoms with Crippen LogP contribution in [-0.4, -0.2) is 19.3 Å². The maximum Gasteiger partial charge on any atom is 0.129 e. The minimum atomic E-state index is -1.23. The molecule has 0 saturated heterocycles. The van der Waals surface area contributed by atoms with Gasteiger partial charge in [-0.3, -0.25) is 0 Å². The highest BCUT2D eigenvalue weighted by molar-refractivity contribution is 5.87. The molecule has 0 fully saturated rings. The SMILES string of the molecule is COc1c(C)c(C)c(OC)c(C(O)(c2cccc3ccccc23)C(C)C)c1C. The number of hydrogen-bond donors (Lipinski definition) is 1. The average Bonchev–Trinajstić information content (AvgIpc) is 2.69. The molecular weight excluding hydrogens is 348 g/mol. The van der Waals surface area contributed by atoms with Crippen LogP contribution in [-0.2, 0) is 5.60 Å². The van der Waals surface area contributed by atoms with Gasteiger partial charge in [0, 0.05) is 11.1 Å². The molecule has 0 aromatic heterocycles. The Morgan fingerprint density at radius 1 is 0.786 bits per heavy atom. The fraction of sp³-hybridized carbons (Fsp3) is 0.360. The van der Waals surface area contributed by atoms with Crippen LogP contribution in [0.2, 0.25) is 0 Å². The lowest BCUT2D eigenvalue weighted by Gasteiger charge is -2.38. The van der Waals surface area contributed by atoms with E-state index in [9.17, 15) is 5.11 Å². The van der Waals surface area contributed by atoms with Crippen molar-refractivity contribution >= 4 is 10.8 Å². The Balaban J connectivity index is 2.49. The number of benzene rings is 3. The van der Waals surface area contributed by atoms with Gasteiger partial charge in [0.2, 0.25) is 0 Å². The molecule has 0 heterocycles. The third kappa shape index (κ3) is 2.85. The van der Waals surface area contributed by atoms with Gasteiger partial charge >= 0.3 is 0 Å². The Morgan fingerprint density at radius 3 is 1.96 bits per heavy atom. The highest BCUT2D eigenvalue weighted by atomic mass is 16.5. The average molecular weight is 379 g/mol. The van der Waals surface area contributed by atoms with E-state index < -0.39 is 5.60 Å². The van der Waals surface area contributed by atoms with Crippen molar-refractivity contribution in [1.29, 1.82) is 0 Å². The zero-order valence-electron chi connectivity index (χ0n) is 17.9. The number of aliphatic hydroxyl groups is 1. The van der Waals surface area contributed by atoms with E-state index in [1.165, 1.54) is 0 Å². The second-order valence-electron chi connectivity index (χ2n) is 7.76. The molecule has 0 bridgehead atoms. The smallest absolute Gasteiger partial charge is 0.129 e. The Morgan fingerprint density at radius 2 is 1.36 bits per heavy atom. The molecule has 0 aliphatic rings. The van der Waals surface area contributed by atoms with Crippen LogP contribution in [0.15, 0.2) is 42.5 Å². The summed E-state index contributed by atoms with van der Waals surface area (Å²) in [5, 5.41) is 14.5. The van der Waals surface area contributed by atoms with E-state index in [1.807, 2.05) is 58.9 Å². The van der Waals surface area contributed by atoms with Gasteiger partial charge in [0.15, 0.2) is 0 Å². The van der Waals surface area contributed by atoms with Crippen molar-refractivity contribution in [2.75, 3.05) is 14.2 Å². The summed E-state index contributed by atoms with van der Waals surface area (Å²) in [6.45, 7) is 10.1. The minimum absolute atomic E-state index is 0.0854. The van der Waals surface area contributed by atoms with Gasteiger partial charge in [0.1, 0.15) is 17.1 Å². The first-order valence-electron chi connectivity index (χ1n) is 9.71. The van der Waals surface area contributed by atoms with E-state index >= 15 is 0 Å². The van der Waals surface area contributed by atoms with Gasteiger partial charge in [-0.2, -0.15) is 0 Å². The molecule has 3 nitrogen and oxygen atoms in total. The Kier molecular flexibility index (Phi) is 5.40. The predicted octanol–water partition coefficient (Wildman–Crippen LogP) is 5.67. The summed E-state index contributed by atoms with van der Waals surface area (Å²) in [4.78, 5) is 0. The number of methoxy groups -OCH3 is 2. The van der Waals surface area contributed by atoms with Crippen molar-refractivity contribution in [2.24, 2.45) is 5.92 Å². The summed E-state index contributed by atoms with van der Waals surface area (Å²) < 4.78 is 11.6. The first-order chi connectivity index (χ1) is 13.3. The molecule has 3 aromatic rings. The van der Waals surface area contributed by atoms with Gasteiger partial charge in [-0.15, -0.1) is 0 Å². The maximum atomic E-state index is 12.3. The van der Waals surface area contributed by atoms with Crippen LogP contribution >= 0.6 is 0 Å². The van der Waals surface area contributed by atoms with E-state index in [0.717, 1.165) is 50.1 Å². The molecule has 3 aromatic carbocycles. The first-order valence-corrected chi connectivity index (χ1v) is 9.71. The third-order valence-electron chi connectivity index (χ3n) is 6.01. The Hall–Kier alpha value is -2.52. The van der Waals surface area contributed by atoms with Crippen molar-refractivity contribution < 1.29 is 14.6 Å². The summed E-state index contributed by atoms with van der Waals surface area (Å²) in [5.74, 6) is 1.44. The number of ether oxygens (including phenoxy) is 2. The van der Waals surface area contributed by atoms with E-state index in [4.69, 9.17) is 9.47 Å². The van der Waals surface area contributed by atoms with Crippen LogP contribution < -0.4 is 9.47 Å². The fourth-order valence-corrected chi connectivity index (χ4v) is 4.41. The van der Waals surface area contributed by atoms with Crippen LogP contribution in [0.25, 0.3) is 10.8 Å². The second-order valence-corrected chi connectivity index (χ2v) is 7.76. The molecule has 0 aliphatic heterocycles. The lowest BCUT2D eigenvalue weighted by molar-refractivity contribution is 0.0299. The van der Waals surface area contributed by atoms with Crippen LogP contribution in [0.5, 0.6) is 11.5 Å². The molecular formula is C25H30O3. The fourth-order valence-electron chi connectivity index (χ4n) is 4.41. The van der Waals surface area contributed by atoms with E-state index in [0.29, 0.717) is 0 Å². The molecule has 3 heteroatoms. The van der Waals surface area contributed by atoms with Gasteiger partial charge in [0.05, 0.1) is 14.2 Å². The quantitative estimate of drug-likeness (QED) is 0.621. The second kappa shape index (κ2) is 7.48. The molecule has 1 N–H and O–H groups in total. The summed E-state index contributed by atoms with van der Waals surface area (Å²) in [7, 11) is 3.35. The van der Waals surface area contributed by atoms with Crippen molar-refractivity contribution in [3.05, 3.63) is 70.3 Å². The largest absolute Gasteiger partial charge is 0.496 e. The summed E-state index contributed by atoms with van der Waals surface area (Å²) in [6.07, 6.45) is 0. The van der Waals surface area contributed by atoms with E-state index in [2.05, 4.69) is 18.2 Å². The predicted molar refractivity (Wildman–Crippen MR) is 116 cm³/mol. The minimum Gasteiger partial charge on any atom is -0.496 e. The Labute approximate surface area is 167 Å². The molecule has 28 heavy (non-hydrogen) atoms. The lowest BCUT2D eigenvalue weighted by atomic mass is 9.73. The van der Waals surface area contributed by atoms with E-state index in [1.54, 1.807) is 14.2 Å². The third-order valence-corrected chi connectivity index (χ3v) is 6.01. The molecule has 0 radical (unpaired) electrons. The van der Waals surface area contributed by atoms with Crippen molar-refractivity contribution in [1.82, 2.24) is 0 Å². The van der Waals surface area contributed by atoms with Crippen molar-refractivity contribution in [2.45, 2.75) is 40.2 Å². The molecule has 0 spiro atoms. The zero-order chi connectivity index (χ0) is 20.6. The van der Waals surface area contributed by atoms with E-state index in [-0.39, 0.29) is 5.92 Å². The summed E-state index contributed by atoms with van der Waals surface area (Å²) >= 11 is 0. The molecule has 0 aliphatic carbocycles. The van der Waals surface area contributed by atoms with Crippen LogP contribution in [0.1, 0.15) is 41.7 Å². The monoisotopic (exact) mass is 378 g/mol. The van der Waals surface area contributed by atoms with Crippen LogP contribution in [0.4, 0.5) is 0 Å².